The highest BCUT2D eigenvalue weighted by Gasteiger charge is 2.10. The van der Waals surface area contributed by atoms with Crippen LogP contribution in [0, 0.1) is 11.7 Å². The van der Waals surface area contributed by atoms with E-state index >= 15 is 0 Å². The Hall–Kier alpha value is -1.51. The lowest BCUT2D eigenvalue weighted by molar-refractivity contribution is -0.108. The Morgan fingerprint density at radius 1 is 1.40 bits per heavy atom. The number of carbonyl (C=O) groups is 2. The molecule has 1 atom stereocenters. The maximum Gasteiger partial charge on any atom is 0.163 e. The fourth-order valence-electron chi connectivity index (χ4n) is 1.32. The van der Waals surface area contributed by atoms with Gasteiger partial charge in [0.05, 0.1) is 0 Å². The summed E-state index contributed by atoms with van der Waals surface area (Å²) in [5.74, 6) is -0.364. The second-order valence-corrected chi connectivity index (χ2v) is 3.64. The molecule has 1 rings (SSSR count). The van der Waals surface area contributed by atoms with Crippen molar-refractivity contribution in [3.8, 4) is 0 Å². The van der Waals surface area contributed by atoms with Gasteiger partial charge in [-0.25, -0.2) is 4.39 Å². The molecule has 0 aliphatic rings. The molecule has 0 aliphatic carbocycles. The molecule has 0 saturated carbocycles. The first kappa shape index (κ1) is 11.6. The van der Waals surface area contributed by atoms with Gasteiger partial charge >= 0.3 is 0 Å². The quantitative estimate of drug-likeness (QED) is 0.550. The van der Waals surface area contributed by atoms with E-state index in [4.69, 9.17) is 0 Å². The number of Topliss-reactive ketones (excluding diaryl/α,β-unsaturated/α-hetero) is 1. The van der Waals surface area contributed by atoms with Crippen molar-refractivity contribution in [2.45, 2.75) is 19.8 Å². The summed E-state index contributed by atoms with van der Waals surface area (Å²) in [6, 6.07) is 5.45. The third-order valence-corrected chi connectivity index (χ3v) is 2.20. The van der Waals surface area contributed by atoms with Crippen LogP contribution in [0.2, 0.25) is 0 Å². The van der Waals surface area contributed by atoms with Crippen LogP contribution in [0.25, 0.3) is 0 Å². The van der Waals surface area contributed by atoms with Gasteiger partial charge in [0.2, 0.25) is 0 Å². The Bertz CT molecular complexity index is 343. The zero-order chi connectivity index (χ0) is 11.3. The molecular formula is C12H13FO2. The third kappa shape index (κ3) is 3.62. The second-order valence-electron chi connectivity index (χ2n) is 3.64. The largest absolute Gasteiger partial charge is 0.303 e. The van der Waals surface area contributed by atoms with Gasteiger partial charge < -0.3 is 4.79 Å². The van der Waals surface area contributed by atoms with Crippen molar-refractivity contribution in [2.75, 3.05) is 0 Å². The molecule has 80 valence electrons. The van der Waals surface area contributed by atoms with Crippen LogP contribution in [-0.4, -0.2) is 12.1 Å². The molecule has 0 heterocycles. The number of hydrogen-bond donors (Lipinski definition) is 0. The van der Waals surface area contributed by atoms with Crippen LogP contribution in [0.3, 0.4) is 0 Å². The fraction of sp³-hybridized carbons (Fsp3) is 0.333. The summed E-state index contributed by atoms with van der Waals surface area (Å²) in [4.78, 5) is 21.8. The number of benzene rings is 1. The number of hydrogen-bond acceptors (Lipinski definition) is 2. The molecule has 0 saturated heterocycles. The molecule has 0 N–H and O–H groups in total. The van der Waals surface area contributed by atoms with E-state index in [2.05, 4.69) is 0 Å². The van der Waals surface area contributed by atoms with Crippen molar-refractivity contribution in [3.63, 3.8) is 0 Å². The van der Waals surface area contributed by atoms with Crippen LogP contribution >= 0.6 is 0 Å². The first-order chi connectivity index (χ1) is 7.13. The van der Waals surface area contributed by atoms with Crippen LogP contribution in [0.4, 0.5) is 4.39 Å². The molecule has 1 aromatic carbocycles. The number of halogens is 1. The van der Waals surface area contributed by atoms with E-state index in [1.54, 1.807) is 0 Å². The predicted molar refractivity (Wildman–Crippen MR) is 55.2 cm³/mol. The topological polar surface area (TPSA) is 34.1 Å². The Labute approximate surface area is 88.1 Å². The Morgan fingerprint density at radius 2 is 2.00 bits per heavy atom. The summed E-state index contributed by atoms with van der Waals surface area (Å²) in [6.45, 7) is 1.84. The van der Waals surface area contributed by atoms with Crippen molar-refractivity contribution in [3.05, 3.63) is 35.6 Å². The SMILES string of the molecule is C[C@H](CC=O)CC(=O)c1ccc(F)cc1. The van der Waals surface area contributed by atoms with Crippen molar-refractivity contribution in [2.24, 2.45) is 5.92 Å². The lowest BCUT2D eigenvalue weighted by atomic mass is 9.98. The van der Waals surface area contributed by atoms with Gasteiger partial charge in [-0.1, -0.05) is 6.92 Å². The first-order valence-electron chi connectivity index (χ1n) is 4.86. The first-order valence-corrected chi connectivity index (χ1v) is 4.86. The predicted octanol–water partition coefficient (Wildman–Crippen LogP) is 2.62. The van der Waals surface area contributed by atoms with Crippen molar-refractivity contribution in [1.29, 1.82) is 0 Å². The van der Waals surface area contributed by atoms with Gasteiger partial charge in [-0.15, -0.1) is 0 Å². The van der Waals surface area contributed by atoms with Gasteiger partial charge in [-0.05, 0) is 30.2 Å². The monoisotopic (exact) mass is 208 g/mol. The molecule has 0 radical (unpaired) electrons. The molecule has 0 spiro atoms. The number of aldehydes is 1. The molecule has 0 fully saturated rings. The summed E-state index contributed by atoms with van der Waals surface area (Å²) >= 11 is 0. The smallest absolute Gasteiger partial charge is 0.163 e. The lowest BCUT2D eigenvalue weighted by Gasteiger charge is -2.06. The average molecular weight is 208 g/mol. The van der Waals surface area contributed by atoms with E-state index in [1.807, 2.05) is 6.92 Å². The lowest BCUT2D eigenvalue weighted by Crippen LogP contribution is -2.06. The highest BCUT2D eigenvalue weighted by atomic mass is 19.1. The fourth-order valence-corrected chi connectivity index (χ4v) is 1.32. The normalized spacial score (nSPS) is 12.1. The molecule has 15 heavy (non-hydrogen) atoms. The molecule has 3 heteroatoms. The number of rotatable bonds is 5. The zero-order valence-electron chi connectivity index (χ0n) is 8.57. The van der Waals surface area contributed by atoms with Gasteiger partial charge in [0.25, 0.3) is 0 Å². The van der Waals surface area contributed by atoms with E-state index in [0.29, 0.717) is 18.4 Å². The van der Waals surface area contributed by atoms with E-state index in [0.717, 1.165) is 6.29 Å². The van der Waals surface area contributed by atoms with E-state index < -0.39 is 0 Å². The van der Waals surface area contributed by atoms with E-state index in [9.17, 15) is 14.0 Å². The maximum atomic E-state index is 12.6. The Kier molecular flexibility index (Phi) is 4.16. The molecule has 0 aliphatic heterocycles. The summed E-state index contributed by atoms with van der Waals surface area (Å²) in [7, 11) is 0. The highest BCUT2D eigenvalue weighted by Crippen LogP contribution is 2.12. The highest BCUT2D eigenvalue weighted by molar-refractivity contribution is 5.96. The summed E-state index contributed by atoms with van der Waals surface area (Å²) < 4.78 is 12.6. The Balaban J connectivity index is 2.61. The third-order valence-electron chi connectivity index (χ3n) is 2.20. The van der Waals surface area contributed by atoms with Crippen LogP contribution in [-0.2, 0) is 4.79 Å². The van der Waals surface area contributed by atoms with E-state index in [1.165, 1.54) is 24.3 Å². The Morgan fingerprint density at radius 3 is 2.53 bits per heavy atom. The standard InChI is InChI=1S/C12H13FO2/c1-9(6-7-14)8-12(15)10-2-4-11(13)5-3-10/h2-5,7,9H,6,8H2,1H3/t9-/m1/s1. The minimum absolute atomic E-state index is 0.0417. The van der Waals surface area contributed by atoms with Gasteiger partial charge in [0.1, 0.15) is 12.1 Å². The summed E-state index contributed by atoms with van der Waals surface area (Å²) in [5.41, 5.74) is 0.495. The maximum absolute atomic E-state index is 12.6. The van der Waals surface area contributed by atoms with Crippen LogP contribution < -0.4 is 0 Å². The number of ketones is 1. The minimum atomic E-state index is -0.354. The average Bonchev–Trinajstić information content (AvgIpc) is 2.18. The molecule has 0 unspecified atom stereocenters. The van der Waals surface area contributed by atoms with Crippen molar-refractivity contribution in [1.82, 2.24) is 0 Å². The molecular weight excluding hydrogens is 195 g/mol. The van der Waals surface area contributed by atoms with Gasteiger partial charge in [-0.2, -0.15) is 0 Å². The summed E-state index contributed by atoms with van der Waals surface area (Å²) in [5, 5.41) is 0. The number of carbonyl (C=O) groups excluding carboxylic acids is 2. The van der Waals surface area contributed by atoms with Gasteiger partial charge in [0, 0.05) is 18.4 Å². The molecule has 0 amide bonds. The second kappa shape index (κ2) is 5.39. The molecule has 1 aromatic rings. The van der Waals surface area contributed by atoms with Crippen LogP contribution in [0.1, 0.15) is 30.1 Å². The summed E-state index contributed by atoms with van der Waals surface area (Å²) in [6.07, 6.45) is 1.51. The van der Waals surface area contributed by atoms with Gasteiger partial charge in [0.15, 0.2) is 5.78 Å². The van der Waals surface area contributed by atoms with Crippen molar-refractivity contribution < 1.29 is 14.0 Å². The molecule has 0 bridgehead atoms. The van der Waals surface area contributed by atoms with E-state index in [-0.39, 0.29) is 17.5 Å². The van der Waals surface area contributed by atoms with Crippen molar-refractivity contribution >= 4 is 12.1 Å². The van der Waals surface area contributed by atoms with Crippen LogP contribution in [0.5, 0.6) is 0 Å². The molecule has 2 nitrogen and oxygen atoms in total. The molecule has 0 aromatic heterocycles. The zero-order valence-corrected chi connectivity index (χ0v) is 8.57. The van der Waals surface area contributed by atoms with Crippen LogP contribution in [0.15, 0.2) is 24.3 Å². The van der Waals surface area contributed by atoms with Gasteiger partial charge in [-0.3, -0.25) is 4.79 Å². The minimum Gasteiger partial charge on any atom is -0.303 e.